The van der Waals surface area contributed by atoms with Gasteiger partial charge in [0.05, 0.1) is 30.2 Å². The third kappa shape index (κ3) is 3.41. The molecule has 0 spiro atoms. The number of nitrogens with zero attached hydrogens (tertiary/aromatic N) is 2. The molecule has 8 nitrogen and oxygen atoms in total. The molecule has 0 saturated carbocycles. The Hall–Kier alpha value is -4.33. The maximum Gasteiger partial charge on any atom is 0.255 e. The van der Waals surface area contributed by atoms with E-state index >= 15 is 0 Å². The smallest absolute Gasteiger partial charge is 0.255 e. The summed E-state index contributed by atoms with van der Waals surface area (Å²) in [6.45, 7) is 3.84. The number of rotatable bonds is 5. The number of nitrogens with two attached hydrogens (primary N) is 2. The van der Waals surface area contributed by atoms with Crippen LogP contribution in [-0.4, -0.2) is 28.5 Å². The van der Waals surface area contributed by atoms with Crippen LogP contribution in [0, 0.1) is 13.8 Å². The number of methoxy groups -OCH3 is 1. The second-order valence-corrected chi connectivity index (χ2v) is 7.43. The minimum atomic E-state index is -0.683. The molecule has 0 unspecified atom stereocenters. The molecule has 0 fully saturated rings. The molecule has 0 bridgehead atoms. The molecule has 2 amide bonds. The number of hydrogen-bond acceptors (Lipinski definition) is 5. The molecule has 0 radical (unpaired) electrons. The van der Waals surface area contributed by atoms with Crippen molar-refractivity contribution in [1.29, 1.82) is 0 Å². The van der Waals surface area contributed by atoms with Gasteiger partial charge < -0.3 is 21.5 Å². The number of pyridine rings is 1. The van der Waals surface area contributed by atoms with Gasteiger partial charge in [0.15, 0.2) is 0 Å². The van der Waals surface area contributed by atoms with Crippen molar-refractivity contribution in [3.63, 3.8) is 0 Å². The maximum absolute atomic E-state index is 12.5. The van der Waals surface area contributed by atoms with Crippen LogP contribution in [-0.2, 0) is 0 Å². The lowest BCUT2D eigenvalue weighted by Gasteiger charge is -2.16. The van der Waals surface area contributed by atoms with Crippen molar-refractivity contribution >= 4 is 34.4 Å². The molecule has 0 aliphatic heterocycles. The van der Waals surface area contributed by atoms with Gasteiger partial charge in [0.25, 0.3) is 11.8 Å². The summed E-state index contributed by atoms with van der Waals surface area (Å²) < 4.78 is 7.16. The highest BCUT2D eigenvalue weighted by Crippen LogP contribution is 2.36. The number of aryl methyl sites for hydroxylation is 1. The summed E-state index contributed by atoms with van der Waals surface area (Å²) in [5.74, 6) is -0.123. The molecule has 0 atom stereocenters. The van der Waals surface area contributed by atoms with Crippen LogP contribution in [0.3, 0.4) is 0 Å². The number of carbonyl (C=O) groups is 2. The van der Waals surface area contributed by atoms with Crippen LogP contribution in [0.25, 0.3) is 16.7 Å². The van der Waals surface area contributed by atoms with Crippen LogP contribution < -0.4 is 21.5 Å². The fourth-order valence-corrected chi connectivity index (χ4v) is 3.91. The van der Waals surface area contributed by atoms with Gasteiger partial charge in [-0.25, -0.2) is 4.98 Å². The highest BCUT2D eigenvalue weighted by atomic mass is 16.5. The maximum atomic E-state index is 12.5. The van der Waals surface area contributed by atoms with E-state index in [0.29, 0.717) is 28.0 Å². The van der Waals surface area contributed by atoms with Crippen molar-refractivity contribution in [3.8, 4) is 11.4 Å². The van der Waals surface area contributed by atoms with Crippen molar-refractivity contribution in [2.75, 3.05) is 18.2 Å². The molecule has 2 aromatic carbocycles. The average molecular weight is 429 g/mol. The Morgan fingerprint density at radius 1 is 1.09 bits per heavy atom. The summed E-state index contributed by atoms with van der Waals surface area (Å²) in [4.78, 5) is 29.4. The quantitative estimate of drug-likeness (QED) is 0.447. The van der Waals surface area contributed by atoms with Gasteiger partial charge in [-0.1, -0.05) is 24.3 Å². The van der Waals surface area contributed by atoms with Gasteiger partial charge in [-0.2, -0.15) is 0 Å². The average Bonchev–Trinajstić information content (AvgIpc) is 3.06. The van der Waals surface area contributed by atoms with Gasteiger partial charge in [0.1, 0.15) is 17.2 Å². The fraction of sp³-hybridized carbons (Fsp3) is 0.125. The predicted molar refractivity (Wildman–Crippen MR) is 124 cm³/mol. The van der Waals surface area contributed by atoms with Crippen LogP contribution >= 0.6 is 0 Å². The van der Waals surface area contributed by atoms with E-state index in [0.717, 1.165) is 16.8 Å². The minimum Gasteiger partial charge on any atom is -0.496 e. The zero-order valence-corrected chi connectivity index (χ0v) is 18.0. The molecule has 162 valence electrons. The first-order valence-electron chi connectivity index (χ1n) is 9.94. The Balaban J connectivity index is 1.90. The van der Waals surface area contributed by atoms with Gasteiger partial charge in [-0.05, 0) is 43.7 Å². The molecule has 4 rings (SSSR count). The minimum absolute atomic E-state index is 0.143. The van der Waals surface area contributed by atoms with Gasteiger partial charge >= 0.3 is 0 Å². The van der Waals surface area contributed by atoms with Crippen LogP contribution in [0.2, 0.25) is 0 Å². The number of amides is 2. The van der Waals surface area contributed by atoms with Gasteiger partial charge in [-0.15, -0.1) is 0 Å². The van der Waals surface area contributed by atoms with Crippen LogP contribution in [0.5, 0.6) is 5.75 Å². The standard InChI is InChI=1S/C24H23N5O3/c1-13-9-10-18(32-3)14(2)20(13)29-21(25)19(22(26)30)17-11-16(12-27-23(17)29)28-24(31)15-7-5-4-6-8-15/h4-12H,25H2,1-3H3,(H2,26,30)(H,28,31). The highest BCUT2D eigenvalue weighted by Gasteiger charge is 2.24. The molecular formula is C24H23N5O3. The zero-order valence-electron chi connectivity index (χ0n) is 18.0. The molecule has 8 heteroatoms. The summed E-state index contributed by atoms with van der Waals surface area (Å²) >= 11 is 0. The van der Waals surface area contributed by atoms with Gasteiger partial charge in [0.2, 0.25) is 0 Å². The summed E-state index contributed by atoms with van der Waals surface area (Å²) in [6, 6.07) is 14.2. The van der Waals surface area contributed by atoms with Crippen molar-refractivity contribution in [1.82, 2.24) is 9.55 Å². The van der Waals surface area contributed by atoms with E-state index in [9.17, 15) is 9.59 Å². The highest BCUT2D eigenvalue weighted by molar-refractivity contribution is 6.12. The lowest BCUT2D eigenvalue weighted by molar-refractivity contribution is 0.1000. The molecule has 5 N–H and O–H groups in total. The lowest BCUT2D eigenvalue weighted by Crippen LogP contribution is -2.14. The molecule has 32 heavy (non-hydrogen) atoms. The molecule has 0 aliphatic carbocycles. The molecule has 0 aliphatic rings. The first kappa shape index (κ1) is 20.9. The Morgan fingerprint density at radius 2 is 1.81 bits per heavy atom. The topological polar surface area (TPSA) is 125 Å². The molecule has 4 aromatic rings. The molecule has 0 saturated heterocycles. The number of anilines is 2. The number of benzene rings is 2. The van der Waals surface area contributed by atoms with Crippen molar-refractivity contribution < 1.29 is 14.3 Å². The van der Waals surface area contributed by atoms with E-state index in [1.54, 1.807) is 42.0 Å². The normalized spacial score (nSPS) is 10.8. The third-order valence-electron chi connectivity index (χ3n) is 5.41. The lowest BCUT2D eigenvalue weighted by atomic mass is 10.1. The van der Waals surface area contributed by atoms with Gasteiger partial charge in [-0.3, -0.25) is 14.2 Å². The van der Waals surface area contributed by atoms with Crippen LogP contribution in [0.1, 0.15) is 31.8 Å². The van der Waals surface area contributed by atoms with E-state index in [4.69, 9.17) is 16.2 Å². The number of nitrogens with one attached hydrogen (secondary N) is 1. The summed E-state index contributed by atoms with van der Waals surface area (Å²) in [7, 11) is 1.59. The Labute approximate surface area is 184 Å². The third-order valence-corrected chi connectivity index (χ3v) is 5.41. The van der Waals surface area contributed by atoms with Crippen molar-refractivity contribution in [2.45, 2.75) is 13.8 Å². The summed E-state index contributed by atoms with van der Waals surface area (Å²) in [6.07, 6.45) is 1.52. The fourth-order valence-electron chi connectivity index (χ4n) is 3.91. The van der Waals surface area contributed by atoms with Crippen molar-refractivity contribution in [2.24, 2.45) is 5.73 Å². The Bertz CT molecular complexity index is 1360. The number of aromatic nitrogens is 2. The molecular weight excluding hydrogens is 406 g/mol. The van der Waals surface area contributed by atoms with E-state index < -0.39 is 5.91 Å². The number of primary amides is 1. The number of hydrogen-bond donors (Lipinski definition) is 3. The summed E-state index contributed by atoms with van der Waals surface area (Å²) in [5.41, 5.74) is 16.1. The van der Waals surface area contributed by atoms with Crippen LogP contribution in [0.4, 0.5) is 11.5 Å². The van der Waals surface area contributed by atoms with Crippen LogP contribution in [0.15, 0.2) is 54.7 Å². The second-order valence-electron chi connectivity index (χ2n) is 7.43. The molecule has 2 aromatic heterocycles. The predicted octanol–water partition coefficient (Wildman–Crippen LogP) is 3.58. The first-order valence-corrected chi connectivity index (χ1v) is 9.94. The molecule has 2 heterocycles. The number of carbonyl (C=O) groups excluding carboxylic acids is 2. The monoisotopic (exact) mass is 429 g/mol. The number of ether oxygens (including phenoxy) is 1. The van der Waals surface area contributed by atoms with E-state index in [2.05, 4.69) is 10.3 Å². The van der Waals surface area contributed by atoms with E-state index in [-0.39, 0.29) is 17.3 Å². The van der Waals surface area contributed by atoms with Gasteiger partial charge in [0, 0.05) is 16.5 Å². The zero-order chi connectivity index (χ0) is 23.0. The first-order chi connectivity index (χ1) is 15.3. The SMILES string of the molecule is COc1ccc(C)c(-n2c(N)c(C(N)=O)c3cc(NC(=O)c4ccccc4)cnc32)c1C. The number of nitrogen functional groups attached to an aromatic ring is 1. The number of fused-ring (bicyclic) bond motifs is 1. The van der Waals surface area contributed by atoms with E-state index in [1.807, 2.05) is 32.0 Å². The van der Waals surface area contributed by atoms with Crippen molar-refractivity contribution in [3.05, 3.63) is 77.0 Å². The van der Waals surface area contributed by atoms with E-state index in [1.165, 1.54) is 6.20 Å². The Kier molecular flexibility index (Phi) is 5.28. The largest absolute Gasteiger partial charge is 0.496 e. The summed E-state index contributed by atoms with van der Waals surface area (Å²) in [5, 5.41) is 3.25. The Morgan fingerprint density at radius 3 is 2.47 bits per heavy atom. The second kappa shape index (κ2) is 8.07.